The van der Waals surface area contributed by atoms with Gasteiger partial charge in [0.2, 0.25) is 0 Å². The molecule has 1 aliphatic rings. The van der Waals surface area contributed by atoms with Crippen molar-refractivity contribution in [3.63, 3.8) is 0 Å². The molecular formula is C29H43N3OS. The molecule has 0 atom stereocenters. The molecule has 1 fully saturated rings. The van der Waals surface area contributed by atoms with Crippen LogP contribution in [0.25, 0.3) is 10.9 Å². The summed E-state index contributed by atoms with van der Waals surface area (Å²) in [6, 6.07) is 14.2. The van der Waals surface area contributed by atoms with Gasteiger partial charge in [-0.05, 0) is 79.1 Å². The minimum Gasteiger partial charge on any atom is -0.350 e. The normalized spacial score (nSPS) is 13.3. The Morgan fingerprint density at radius 3 is 2.44 bits per heavy atom. The Morgan fingerprint density at radius 1 is 1.00 bits per heavy atom. The fourth-order valence-electron chi connectivity index (χ4n) is 3.93. The molecule has 0 spiro atoms. The van der Waals surface area contributed by atoms with Gasteiger partial charge in [-0.1, -0.05) is 59.4 Å². The number of unbranched alkanes of at least 4 members (excludes halogenated alkanes) is 2. The zero-order chi connectivity index (χ0) is 24.9. The van der Waals surface area contributed by atoms with Crippen LogP contribution in [-0.4, -0.2) is 22.8 Å². The lowest BCUT2D eigenvalue weighted by molar-refractivity contribution is 0.102. The summed E-state index contributed by atoms with van der Waals surface area (Å²) in [4.78, 5) is 12.8. The minimum atomic E-state index is -0.0591. The topological polar surface area (TPSA) is 37.3 Å². The monoisotopic (exact) mass is 481 g/mol. The molecule has 4 nitrogen and oxygen atoms in total. The quantitative estimate of drug-likeness (QED) is 0.371. The van der Waals surface area contributed by atoms with Gasteiger partial charge >= 0.3 is 0 Å². The summed E-state index contributed by atoms with van der Waals surface area (Å²) in [5.74, 6) is 1.11. The van der Waals surface area contributed by atoms with Gasteiger partial charge in [-0.3, -0.25) is 4.79 Å². The molecule has 186 valence electrons. The Labute approximate surface area is 211 Å². The molecule has 1 amide bonds. The van der Waals surface area contributed by atoms with E-state index >= 15 is 0 Å². The zero-order valence-electron chi connectivity index (χ0n) is 22.0. The van der Waals surface area contributed by atoms with Gasteiger partial charge in [0, 0.05) is 48.0 Å². The smallest absolute Gasteiger partial charge is 0.255 e. The van der Waals surface area contributed by atoms with E-state index in [1.54, 1.807) is 0 Å². The van der Waals surface area contributed by atoms with E-state index in [2.05, 4.69) is 46.2 Å². The number of nitrogens with zero attached hydrogens (tertiary/aromatic N) is 2. The number of carbonyl (C=O) groups excluding carboxylic acids is 1. The summed E-state index contributed by atoms with van der Waals surface area (Å²) >= 11 is 1.90. The highest BCUT2D eigenvalue weighted by molar-refractivity contribution is 8.00. The number of hydrogen-bond donors (Lipinski definition) is 1. The van der Waals surface area contributed by atoms with Crippen molar-refractivity contribution >= 4 is 40.1 Å². The summed E-state index contributed by atoms with van der Waals surface area (Å²) < 4.78 is 4.43. The van der Waals surface area contributed by atoms with Crippen LogP contribution in [0.2, 0.25) is 0 Å². The maximum absolute atomic E-state index is 12.8. The average molecular weight is 482 g/mol. The average Bonchev–Trinajstić information content (AvgIpc) is 3.03. The molecular weight excluding hydrogens is 438 g/mol. The van der Waals surface area contributed by atoms with E-state index in [0.29, 0.717) is 0 Å². The SMILES string of the molecule is CC.CCCCC.Cc1cc(N2CCCCCS2)ccc1C(=O)Nc1ccc2ccn(C)c2c1. The second-order valence-electron chi connectivity index (χ2n) is 8.50. The first-order valence-corrected chi connectivity index (χ1v) is 13.8. The molecule has 1 aromatic heterocycles. The molecule has 1 N–H and O–H groups in total. The summed E-state index contributed by atoms with van der Waals surface area (Å²) in [6.07, 6.45) is 9.92. The van der Waals surface area contributed by atoms with Crippen molar-refractivity contribution in [2.75, 3.05) is 21.9 Å². The molecule has 0 bridgehead atoms. The lowest BCUT2D eigenvalue weighted by Crippen LogP contribution is -2.17. The van der Waals surface area contributed by atoms with Crippen LogP contribution in [-0.2, 0) is 7.05 Å². The maximum atomic E-state index is 12.8. The van der Waals surface area contributed by atoms with Gasteiger partial charge in [-0.25, -0.2) is 0 Å². The van der Waals surface area contributed by atoms with Crippen LogP contribution in [0.15, 0.2) is 48.7 Å². The first-order valence-electron chi connectivity index (χ1n) is 12.9. The molecule has 5 heteroatoms. The number of aromatic nitrogens is 1. The van der Waals surface area contributed by atoms with Crippen molar-refractivity contribution in [1.82, 2.24) is 4.57 Å². The second kappa shape index (κ2) is 14.8. The number of hydrogen-bond acceptors (Lipinski definition) is 3. The van der Waals surface area contributed by atoms with Crippen molar-refractivity contribution in [2.24, 2.45) is 7.05 Å². The van der Waals surface area contributed by atoms with E-state index in [9.17, 15) is 4.79 Å². The van der Waals surface area contributed by atoms with Crippen molar-refractivity contribution in [3.8, 4) is 0 Å². The van der Waals surface area contributed by atoms with E-state index in [1.165, 1.54) is 55.4 Å². The van der Waals surface area contributed by atoms with Crippen LogP contribution < -0.4 is 9.62 Å². The number of carbonyl (C=O) groups is 1. The number of aryl methyl sites for hydroxylation is 2. The lowest BCUT2D eigenvalue weighted by Gasteiger charge is -2.22. The van der Waals surface area contributed by atoms with Crippen LogP contribution in [0.5, 0.6) is 0 Å². The van der Waals surface area contributed by atoms with Gasteiger partial charge in [0.25, 0.3) is 5.91 Å². The number of nitrogens with one attached hydrogen (secondary N) is 1. The fourth-order valence-corrected chi connectivity index (χ4v) is 5.00. The van der Waals surface area contributed by atoms with Gasteiger partial charge in [0.1, 0.15) is 0 Å². The Bertz CT molecular complexity index is 1020. The van der Waals surface area contributed by atoms with Crippen molar-refractivity contribution < 1.29 is 4.79 Å². The van der Waals surface area contributed by atoms with Gasteiger partial charge in [0.15, 0.2) is 0 Å². The molecule has 4 rings (SSSR count). The van der Waals surface area contributed by atoms with Crippen molar-refractivity contribution in [1.29, 1.82) is 0 Å². The third-order valence-corrected chi connectivity index (χ3v) is 7.02. The highest BCUT2D eigenvalue weighted by atomic mass is 32.2. The molecule has 0 aliphatic carbocycles. The fraction of sp³-hybridized carbons (Fsp3) is 0.483. The number of benzene rings is 2. The first kappa shape index (κ1) is 27.8. The second-order valence-corrected chi connectivity index (χ2v) is 9.61. The third kappa shape index (κ3) is 7.83. The van der Waals surface area contributed by atoms with Gasteiger partial charge in [-0.15, -0.1) is 0 Å². The molecule has 3 aromatic rings. The van der Waals surface area contributed by atoms with E-state index in [0.717, 1.165) is 28.9 Å². The molecule has 1 aliphatic heterocycles. The number of rotatable bonds is 5. The Morgan fingerprint density at radius 2 is 1.76 bits per heavy atom. The Hall–Kier alpha value is -2.40. The van der Waals surface area contributed by atoms with E-state index in [1.807, 2.05) is 70.2 Å². The van der Waals surface area contributed by atoms with Crippen LogP contribution in [0.3, 0.4) is 0 Å². The third-order valence-electron chi connectivity index (χ3n) is 5.85. The van der Waals surface area contributed by atoms with Crippen LogP contribution in [0.4, 0.5) is 11.4 Å². The molecule has 2 heterocycles. The van der Waals surface area contributed by atoms with Crippen LogP contribution >= 0.6 is 11.9 Å². The minimum absolute atomic E-state index is 0.0591. The predicted molar refractivity (Wildman–Crippen MR) is 152 cm³/mol. The predicted octanol–water partition coefficient (Wildman–Crippen LogP) is 8.60. The zero-order valence-corrected chi connectivity index (χ0v) is 22.8. The van der Waals surface area contributed by atoms with Crippen LogP contribution in [0, 0.1) is 6.92 Å². The van der Waals surface area contributed by atoms with Crippen molar-refractivity contribution in [3.05, 3.63) is 59.8 Å². The maximum Gasteiger partial charge on any atom is 0.255 e. The highest BCUT2D eigenvalue weighted by Crippen LogP contribution is 2.29. The van der Waals surface area contributed by atoms with Gasteiger partial charge in [-0.2, -0.15) is 0 Å². The van der Waals surface area contributed by atoms with E-state index in [4.69, 9.17) is 0 Å². The summed E-state index contributed by atoms with van der Waals surface area (Å²) in [6.45, 7) is 11.5. The molecule has 0 saturated carbocycles. The number of anilines is 2. The highest BCUT2D eigenvalue weighted by Gasteiger charge is 2.15. The molecule has 0 unspecified atom stereocenters. The van der Waals surface area contributed by atoms with Gasteiger partial charge in [0.05, 0.1) is 0 Å². The number of fused-ring (bicyclic) bond motifs is 1. The summed E-state index contributed by atoms with van der Waals surface area (Å²) in [5, 5.41) is 4.22. The van der Waals surface area contributed by atoms with E-state index in [-0.39, 0.29) is 5.91 Å². The first-order chi connectivity index (χ1) is 16.5. The van der Waals surface area contributed by atoms with E-state index < -0.39 is 0 Å². The Kier molecular flexibility index (Phi) is 12.1. The number of amides is 1. The molecule has 2 aromatic carbocycles. The van der Waals surface area contributed by atoms with Gasteiger partial charge < -0.3 is 14.2 Å². The summed E-state index contributed by atoms with van der Waals surface area (Å²) in [7, 11) is 2.01. The molecule has 1 saturated heterocycles. The molecule has 34 heavy (non-hydrogen) atoms. The largest absolute Gasteiger partial charge is 0.350 e. The lowest BCUT2D eigenvalue weighted by atomic mass is 10.1. The van der Waals surface area contributed by atoms with Crippen molar-refractivity contribution in [2.45, 2.75) is 73.1 Å². The molecule has 0 radical (unpaired) electrons. The van der Waals surface area contributed by atoms with Crippen LogP contribution in [0.1, 0.15) is 82.1 Å². The summed E-state index contributed by atoms with van der Waals surface area (Å²) in [5.41, 5.74) is 4.86. The Balaban J connectivity index is 0.000000520. The standard InChI is InChI=1S/C22H25N3OS.C5H12.C2H6/c1-16-14-19(25-11-4-3-5-13-27-25)8-9-20(16)22(26)23-18-7-6-17-10-12-24(2)21(17)15-18;1-3-5-4-2;1-2/h6-10,12,14-15H,3-5,11,13H2,1-2H3,(H,23,26);3-5H2,1-2H3;1-2H3.